The average Bonchev–Trinajstić information content (AvgIpc) is 2.63. The van der Waals surface area contributed by atoms with Gasteiger partial charge in [0.15, 0.2) is 0 Å². The number of nitrogens with two attached hydrogens (primary N) is 1. The summed E-state index contributed by atoms with van der Waals surface area (Å²) in [4.78, 5) is 20.6. The fourth-order valence-electron chi connectivity index (χ4n) is 2.89. The number of urea groups is 1. The highest BCUT2D eigenvalue weighted by Gasteiger charge is 2.59. The van der Waals surface area contributed by atoms with Gasteiger partial charge in [-0.25, -0.2) is 4.79 Å². The molecule has 0 aromatic heterocycles. The predicted molar refractivity (Wildman–Crippen MR) is 110 cm³/mol. The van der Waals surface area contributed by atoms with Crippen molar-refractivity contribution >= 4 is 52.0 Å². The Labute approximate surface area is 172 Å². The first kappa shape index (κ1) is 21.8. The number of aliphatic hydroxyl groups is 1. The summed E-state index contributed by atoms with van der Waals surface area (Å²) in [7, 11) is 2.55. The Morgan fingerprint density at radius 2 is 1.93 bits per heavy atom. The number of primary amides is 1. The first-order valence-electron chi connectivity index (χ1n) is 8.03. The summed E-state index contributed by atoms with van der Waals surface area (Å²) >= 11 is 12.0. The van der Waals surface area contributed by atoms with Gasteiger partial charge in [-0.3, -0.25) is 4.79 Å². The number of allylic oxidation sites excluding steroid dienone is 2. The molecule has 1 aromatic carbocycles. The number of carbonyl (C=O) groups excluding carboxylic acids is 2. The van der Waals surface area contributed by atoms with Crippen LogP contribution in [-0.4, -0.2) is 46.9 Å². The van der Waals surface area contributed by atoms with Crippen molar-refractivity contribution in [3.8, 4) is 0 Å². The van der Waals surface area contributed by atoms with Crippen LogP contribution in [0.5, 0.6) is 0 Å². The minimum atomic E-state index is -2.15. The standard InChI is InChI=1S/C18H20ClN3O5S/c1-10(23)21-13-7-5-4-6-11(13)12-8-9-17(25,27-3)18(19,14(12)26-2)15(28)22-16(20)24/h4-9,25H,1-3H3,(H,21,23)(H3,20,22,24,28). The highest BCUT2D eigenvalue weighted by Crippen LogP contribution is 2.47. The molecule has 0 aliphatic heterocycles. The fraction of sp³-hybridized carbons (Fsp3) is 0.278. The molecule has 2 unspecified atom stereocenters. The number of benzene rings is 1. The summed E-state index contributed by atoms with van der Waals surface area (Å²) in [6.07, 6.45) is 2.80. The molecule has 3 amide bonds. The SMILES string of the molecule is COC1=C(c2ccccc2NC(C)=O)C=CC(O)(OC)C1(Cl)C(=S)NC(N)=O. The van der Waals surface area contributed by atoms with E-state index in [1.54, 1.807) is 24.3 Å². The zero-order valence-corrected chi connectivity index (χ0v) is 17.0. The second-order valence-electron chi connectivity index (χ2n) is 5.88. The molecule has 1 aliphatic rings. The molecule has 8 nitrogen and oxygen atoms in total. The molecule has 28 heavy (non-hydrogen) atoms. The summed E-state index contributed by atoms with van der Waals surface area (Å²) in [6, 6.07) is 5.95. The summed E-state index contributed by atoms with van der Waals surface area (Å²) in [5.41, 5.74) is 6.61. The third-order valence-corrected chi connectivity index (χ3v) is 5.27. The quantitative estimate of drug-likeness (QED) is 0.324. The van der Waals surface area contributed by atoms with Crippen molar-refractivity contribution in [2.75, 3.05) is 19.5 Å². The van der Waals surface area contributed by atoms with E-state index in [2.05, 4.69) is 10.6 Å². The summed E-state index contributed by atoms with van der Waals surface area (Å²) < 4.78 is 10.7. The molecule has 0 bridgehead atoms. The van der Waals surface area contributed by atoms with Crippen LogP contribution in [0.2, 0.25) is 0 Å². The Morgan fingerprint density at radius 3 is 2.46 bits per heavy atom. The van der Waals surface area contributed by atoms with Crippen LogP contribution in [0, 0.1) is 0 Å². The molecule has 2 rings (SSSR count). The van der Waals surface area contributed by atoms with E-state index in [-0.39, 0.29) is 16.7 Å². The monoisotopic (exact) mass is 425 g/mol. The fourth-order valence-corrected chi connectivity index (χ4v) is 3.59. The van der Waals surface area contributed by atoms with E-state index in [1.165, 1.54) is 33.3 Å². The summed E-state index contributed by atoms with van der Waals surface area (Å²) in [5.74, 6) is -2.42. The first-order chi connectivity index (χ1) is 13.1. The molecule has 0 radical (unpaired) electrons. The number of rotatable bonds is 5. The van der Waals surface area contributed by atoms with Gasteiger partial charge in [-0.2, -0.15) is 0 Å². The average molecular weight is 426 g/mol. The lowest BCUT2D eigenvalue weighted by Crippen LogP contribution is -2.62. The summed E-state index contributed by atoms with van der Waals surface area (Å²) in [6.45, 7) is 1.38. The van der Waals surface area contributed by atoms with Crippen LogP contribution in [0.1, 0.15) is 12.5 Å². The Kier molecular flexibility index (Phi) is 6.45. The zero-order chi connectivity index (χ0) is 21.1. The number of hydrogen-bond donors (Lipinski definition) is 4. The molecular weight excluding hydrogens is 406 g/mol. The van der Waals surface area contributed by atoms with Gasteiger partial charge in [0.25, 0.3) is 0 Å². The minimum Gasteiger partial charge on any atom is -0.498 e. The number of para-hydroxylation sites is 1. The number of amides is 3. The number of thiocarbonyl (C=S) groups is 1. The molecular formula is C18H20ClN3O5S. The van der Waals surface area contributed by atoms with E-state index in [0.717, 1.165) is 0 Å². The van der Waals surface area contributed by atoms with E-state index in [9.17, 15) is 14.7 Å². The van der Waals surface area contributed by atoms with Crippen molar-refractivity contribution in [3.63, 3.8) is 0 Å². The van der Waals surface area contributed by atoms with Crippen LogP contribution in [0.25, 0.3) is 5.57 Å². The Balaban J connectivity index is 2.76. The first-order valence-corrected chi connectivity index (χ1v) is 8.81. The number of halogens is 1. The molecule has 0 spiro atoms. The molecule has 5 N–H and O–H groups in total. The largest absolute Gasteiger partial charge is 0.498 e. The van der Waals surface area contributed by atoms with Gasteiger partial charge in [0.05, 0.1) is 7.11 Å². The number of alkyl halides is 1. The normalized spacial score (nSPS) is 23.9. The van der Waals surface area contributed by atoms with Gasteiger partial charge in [-0.1, -0.05) is 42.0 Å². The van der Waals surface area contributed by atoms with Gasteiger partial charge in [0, 0.05) is 30.9 Å². The van der Waals surface area contributed by atoms with Crippen LogP contribution >= 0.6 is 23.8 Å². The van der Waals surface area contributed by atoms with Gasteiger partial charge in [0.1, 0.15) is 10.7 Å². The highest BCUT2D eigenvalue weighted by atomic mass is 35.5. The van der Waals surface area contributed by atoms with Crippen molar-refractivity contribution in [2.24, 2.45) is 5.73 Å². The molecule has 0 saturated heterocycles. The maximum Gasteiger partial charge on any atom is 0.317 e. The van der Waals surface area contributed by atoms with Crippen molar-refractivity contribution in [2.45, 2.75) is 17.6 Å². The lowest BCUT2D eigenvalue weighted by atomic mass is 9.83. The van der Waals surface area contributed by atoms with Crippen molar-refractivity contribution < 1.29 is 24.2 Å². The molecule has 1 aromatic rings. The van der Waals surface area contributed by atoms with E-state index in [1.807, 2.05) is 0 Å². The molecule has 1 aliphatic carbocycles. The van der Waals surface area contributed by atoms with Crippen LogP contribution in [0.3, 0.4) is 0 Å². The maximum absolute atomic E-state index is 11.6. The van der Waals surface area contributed by atoms with Crippen LogP contribution in [0.15, 0.2) is 42.2 Å². The number of nitrogens with one attached hydrogen (secondary N) is 2. The molecule has 2 atom stereocenters. The van der Waals surface area contributed by atoms with Crippen LogP contribution in [0.4, 0.5) is 10.5 Å². The molecule has 150 valence electrons. The number of anilines is 1. The lowest BCUT2D eigenvalue weighted by Gasteiger charge is -2.43. The number of carbonyl (C=O) groups is 2. The Morgan fingerprint density at radius 1 is 1.29 bits per heavy atom. The Hall–Kier alpha value is -2.46. The Bertz CT molecular complexity index is 888. The van der Waals surface area contributed by atoms with Gasteiger partial charge >= 0.3 is 6.03 Å². The van der Waals surface area contributed by atoms with E-state index < -0.39 is 16.7 Å². The van der Waals surface area contributed by atoms with Gasteiger partial charge in [0.2, 0.25) is 16.6 Å². The lowest BCUT2D eigenvalue weighted by molar-refractivity contribution is -0.158. The van der Waals surface area contributed by atoms with Crippen molar-refractivity contribution in [3.05, 3.63) is 47.7 Å². The minimum absolute atomic E-state index is 0.00225. The van der Waals surface area contributed by atoms with Crippen molar-refractivity contribution in [1.82, 2.24) is 5.32 Å². The predicted octanol–water partition coefficient (Wildman–Crippen LogP) is 1.88. The van der Waals surface area contributed by atoms with Gasteiger partial charge < -0.3 is 30.9 Å². The molecule has 0 fully saturated rings. The van der Waals surface area contributed by atoms with E-state index in [4.69, 9.17) is 39.0 Å². The number of ether oxygens (including phenoxy) is 2. The zero-order valence-electron chi connectivity index (χ0n) is 15.4. The van der Waals surface area contributed by atoms with Crippen molar-refractivity contribution in [1.29, 1.82) is 0 Å². The smallest absolute Gasteiger partial charge is 0.317 e. The third kappa shape index (κ3) is 3.74. The van der Waals surface area contributed by atoms with E-state index in [0.29, 0.717) is 16.8 Å². The number of hydrogen-bond acceptors (Lipinski definition) is 6. The highest BCUT2D eigenvalue weighted by molar-refractivity contribution is 7.80. The van der Waals surface area contributed by atoms with Crippen LogP contribution in [-0.2, 0) is 14.3 Å². The molecule has 0 saturated carbocycles. The second-order valence-corrected chi connectivity index (χ2v) is 6.86. The number of methoxy groups -OCH3 is 2. The molecule has 10 heteroatoms. The second kappa shape index (κ2) is 8.27. The topological polar surface area (TPSA) is 123 Å². The third-order valence-electron chi connectivity index (χ3n) is 4.12. The molecule has 0 heterocycles. The van der Waals surface area contributed by atoms with E-state index >= 15 is 0 Å². The summed E-state index contributed by atoms with van der Waals surface area (Å²) in [5, 5.41) is 15.9. The van der Waals surface area contributed by atoms with Gasteiger partial charge in [-0.05, 0) is 18.2 Å². The maximum atomic E-state index is 11.6. The van der Waals surface area contributed by atoms with Gasteiger partial charge in [-0.15, -0.1) is 0 Å². The van der Waals surface area contributed by atoms with Crippen LogP contribution < -0.4 is 16.4 Å².